The van der Waals surface area contributed by atoms with E-state index in [4.69, 9.17) is 21.1 Å². The van der Waals surface area contributed by atoms with E-state index in [9.17, 15) is 4.79 Å². The van der Waals surface area contributed by atoms with E-state index >= 15 is 0 Å². The lowest BCUT2D eigenvalue weighted by molar-refractivity contribution is 0.102. The Labute approximate surface area is 175 Å². The molecule has 0 spiro atoms. The van der Waals surface area contributed by atoms with E-state index in [2.05, 4.69) is 10.4 Å². The summed E-state index contributed by atoms with van der Waals surface area (Å²) in [5, 5.41) is 8.02. The largest absolute Gasteiger partial charge is 0.491 e. The molecular formula is C22H24ClN3O3. The number of ether oxygens (including phenoxy) is 2. The Morgan fingerprint density at radius 3 is 2.41 bits per heavy atom. The van der Waals surface area contributed by atoms with Gasteiger partial charge >= 0.3 is 0 Å². The molecule has 7 heteroatoms. The van der Waals surface area contributed by atoms with Crippen LogP contribution in [0.1, 0.15) is 35.8 Å². The summed E-state index contributed by atoms with van der Waals surface area (Å²) < 4.78 is 12.3. The van der Waals surface area contributed by atoms with Crippen molar-refractivity contribution in [1.82, 2.24) is 9.78 Å². The van der Waals surface area contributed by atoms with E-state index in [1.54, 1.807) is 42.3 Å². The fourth-order valence-electron chi connectivity index (χ4n) is 2.95. The highest BCUT2D eigenvalue weighted by atomic mass is 35.5. The molecule has 0 unspecified atom stereocenters. The molecule has 2 aromatic carbocycles. The number of aromatic nitrogens is 2. The van der Waals surface area contributed by atoms with Crippen LogP contribution in [0.2, 0.25) is 5.02 Å². The third kappa shape index (κ3) is 5.16. The van der Waals surface area contributed by atoms with Crippen LogP contribution in [0.4, 0.5) is 5.69 Å². The maximum atomic E-state index is 12.9. The maximum Gasteiger partial charge on any atom is 0.259 e. The highest BCUT2D eigenvalue weighted by Gasteiger charge is 2.21. The summed E-state index contributed by atoms with van der Waals surface area (Å²) in [4.78, 5) is 12.9. The number of benzene rings is 2. The average molecular weight is 414 g/mol. The molecule has 1 heterocycles. The predicted molar refractivity (Wildman–Crippen MR) is 114 cm³/mol. The van der Waals surface area contributed by atoms with E-state index in [1.165, 1.54) is 0 Å². The molecule has 3 rings (SSSR count). The van der Waals surface area contributed by atoms with Crippen molar-refractivity contribution in [3.05, 3.63) is 71.0 Å². The Morgan fingerprint density at radius 2 is 1.79 bits per heavy atom. The first-order chi connectivity index (χ1) is 14.0. The van der Waals surface area contributed by atoms with E-state index in [-0.39, 0.29) is 11.8 Å². The van der Waals surface area contributed by atoms with Crippen LogP contribution in [0.25, 0.3) is 5.69 Å². The minimum Gasteiger partial charge on any atom is -0.491 e. The first kappa shape index (κ1) is 20.9. The Morgan fingerprint density at radius 1 is 1.10 bits per heavy atom. The lowest BCUT2D eigenvalue weighted by Gasteiger charge is -2.13. The zero-order valence-electron chi connectivity index (χ0n) is 16.7. The molecular weight excluding hydrogens is 390 g/mol. The Hall–Kier alpha value is -2.83. The molecule has 6 nitrogen and oxygen atoms in total. The molecule has 152 valence electrons. The summed E-state index contributed by atoms with van der Waals surface area (Å²) in [6, 6.07) is 14.6. The number of carbonyl (C=O) groups is 1. The molecule has 0 saturated carbocycles. The quantitative estimate of drug-likeness (QED) is 0.532. The molecule has 0 fully saturated rings. The van der Waals surface area contributed by atoms with Gasteiger partial charge < -0.3 is 14.8 Å². The Bertz CT molecular complexity index is 950. The van der Waals surface area contributed by atoms with E-state index in [1.807, 2.05) is 38.1 Å². The average Bonchev–Trinajstić information content (AvgIpc) is 3.16. The summed E-state index contributed by atoms with van der Waals surface area (Å²) >= 11 is 5.99. The molecule has 0 saturated heterocycles. The fourth-order valence-corrected chi connectivity index (χ4v) is 3.08. The molecule has 0 aliphatic carbocycles. The summed E-state index contributed by atoms with van der Waals surface area (Å²) in [7, 11) is 1.63. The number of rotatable bonds is 8. The van der Waals surface area contributed by atoms with Gasteiger partial charge in [0, 0.05) is 17.8 Å². The van der Waals surface area contributed by atoms with Gasteiger partial charge in [-0.15, -0.1) is 0 Å². The van der Waals surface area contributed by atoms with Crippen LogP contribution in [0.5, 0.6) is 5.75 Å². The number of nitrogens with one attached hydrogen (secondary N) is 1. The van der Waals surface area contributed by atoms with Crippen LogP contribution in [0.3, 0.4) is 0 Å². The van der Waals surface area contributed by atoms with Crippen LogP contribution in [-0.2, 0) is 4.74 Å². The van der Waals surface area contributed by atoms with Gasteiger partial charge in [0.05, 0.1) is 29.7 Å². The van der Waals surface area contributed by atoms with Gasteiger partial charge in [-0.3, -0.25) is 4.79 Å². The second-order valence-corrected chi connectivity index (χ2v) is 7.24. The number of hydrogen-bond acceptors (Lipinski definition) is 4. The second kappa shape index (κ2) is 9.58. The number of halogens is 1. The third-order valence-corrected chi connectivity index (χ3v) is 4.59. The Balaban J connectivity index is 1.78. The molecule has 0 bridgehead atoms. The van der Waals surface area contributed by atoms with Crippen molar-refractivity contribution in [3.63, 3.8) is 0 Å². The van der Waals surface area contributed by atoms with Crippen molar-refractivity contribution < 1.29 is 14.3 Å². The summed E-state index contributed by atoms with van der Waals surface area (Å²) in [6.45, 7) is 5.07. The minimum absolute atomic E-state index is 0.102. The number of carbonyl (C=O) groups excluding carboxylic acids is 1. The molecule has 0 aliphatic heterocycles. The normalized spacial score (nSPS) is 10.9. The van der Waals surface area contributed by atoms with Gasteiger partial charge in [0.25, 0.3) is 5.91 Å². The van der Waals surface area contributed by atoms with Crippen molar-refractivity contribution in [1.29, 1.82) is 0 Å². The number of anilines is 1. The van der Waals surface area contributed by atoms with E-state index < -0.39 is 0 Å². The van der Waals surface area contributed by atoms with Crippen LogP contribution in [0, 0.1) is 0 Å². The topological polar surface area (TPSA) is 65.4 Å². The van der Waals surface area contributed by atoms with Gasteiger partial charge in [-0.05, 0) is 54.4 Å². The van der Waals surface area contributed by atoms with Crippen molar-refractivity contribution >= 4 is 23.2 Å². The number of hydrogen-bond donors (Lipinski definition) is 1. The highest BCUT2D eigenvalue weighted by molar-refractivity contribution is 6.30. The van der Waals surface area contributed by atoms with Crippen LogP contribution in [0.15, 0.2) is 54.7 Å². The molecule has 0 aliphatic rings. The predicted octanol–water partition coefficient (Wildman–Crippen LogP) is 4.93. The minimum atomic E-state index is -0.207. The lowest BCUT2D eigenvalue weighted by atomic mass is 10.0. The molecule has 0 radical (unpaired) electrons. The first-order valence-electron chi connectivity index (χ1n) is 9.36. The molecule has 1 amide bonds. The van der Waals surface area contributed by atoms with Crippen LogP contribution >= 0.6 is 11.6 Å². The van der Waals surface area contributed by atoms with Gasteiger partial charge in [0.15, 0.2) is 0 Å². The smallest absolute Gasteiger partial charge is 0.259 e. The van der Waals surface area contributed by atoms with Crippen molar-refractivity contribution in [3.8, 4) is 11.4 Å². The molecule has 0 atom stereocenters. The zero-order chi connectivity index (χ0) is 20.8. The Kier molecular flexibility index (Phi) is 6.90. The summed E-state index contributed by atoms with van der Waals surface area (Å²) in [5.41, 5.74) is 2.91. The second-order valence-electron chi connectivity index (χ2n) is 6.81. The molecule has 3 aromatic rings. The van der Waals surface area contributed by atoms with Gasteiger partial charge in [-0.2, -0.15) is 5.10 Å². The van der Waals surface area contributed by atoms with Gasteiger partial charge in [0.2, 0.25) is 0 Å². The maximum absolute atomic E-state index is 12.9. The third-order valence-electron chi connectivity index (χ3n) is 4.34. The van der Waals surface area contributed by atoms with Crippen LogP contribution < -0.4 is 10.1 Å². The number of nitrogens with zero attached hydrogens (tertiary/aromatic N) is 2. The lowest BCUT2D eigenvalue weighted by Crippen LogP contribution is -2.15. The van der Waals surface area contributed by atoms with Crippen molar-refractivity contribution in [2.45, 2.75) is 19.8 Å². The molecule has 29 heavy (non-hydrogen) atoms. The van der Waals surface area contributed by atoms with Gasteiger partial charge in [-0.1, -0.05) is 25.4 Å². The standard InChI is InChI=1S/C22H24ClN3O3/c1-15(2)21-20(14-24-26(21)18-8-4-16(23)5-9-18)22(27)25-17-6-10-19(11-7-17)29-13-12-28-3/h4-11,14-15H,12-13H2,1-3H3,(H,25,27). The van der Waals surface area contributed by atoms with E-state index in [0.717, 1.165) is 17.1 Å². The summed E-state index contributed by atoms with van der Waals surface area (Å²) in [6.07, 6.45) is 1.60. The summed E-state index contributed by atoms with van der Waals surface area (Å²) in [5.74, 6) is 0.617. The van der Waals surface area contributed by atoms with Crippen molar-refractivity contribution in [2.24, 2.45) is 0 Å². The van der Waals surface area contributed by atoms with Crippen molar-refractivity contribution in [2.75, 3.05) is 25.6 Å². The number of methoxy groups -OCH3 is 1. The van der Waals surface area contributed by atoms with E-state index in [0.29, 0.717) is 29.5 Å². The van der Waals surface area contributed by atoms with Crippen LogP contribution in [-0.4, -0.2) is 36.0 Å². The SMILES string of the molecule is COCCOc1ccc(NC(=O)c2cnn(-c3ccc(Cl)cc3)c2C(C)C)cc1. The molecule has 1 N–H and O–H groups in total. The first-order valence-corrected chi connectivity index (χ1v) is 9.74. The molecule has 1 aromatic heterocycles. The zero-order valence-corrected chi connectivity index (χ0v) is 17.4. The highest BCUT2D eigenvalue weighted by Crippen LogP contribution is 2.25. The fraction of sp³-hybridized carbons (Fsp3) is 0.273. The monoisotopic (exact) mass is 413 g/mol. The van der Waals surface area contributed by atoms with Gasteiger partial charge in [0.1, 0.15) is 12.4 Å². The number of amides is 1. The van der Waals surface area contributed by atoms with Gasteiger partial charge in [-0.25, -0.2) is 4.68 Å².